The molecule has 0 spiro atoms. The average molecular weight is 1420 g/mol. The van der Waals surface area contributed by atoms with Crippen molar-refractivity contribution < 1.29 is 62.6 Å². The number of nitrogens with zero attached hydrogens (tertiary/aromatic N) is 6. The molecule has 1 heterocycles. The van der Waals surface area contributed by atoms with Gasteiger partial charge in [0.25, 0.3) is 0 Å². The third-order valence-electron chi connectivity index (χ3n) is 18.8. The Labute approximate surface area is 599 Å². The zero-order valence-corrected chi connectivity index (χ0v) is 64.0. The number of ketones is 1. The van der Waals surface area contributed by atoms with Crippen molar-refractivity contribution in [1.82, 2.24) is 61.3 Å². The Balaban J connectivity index is 2.25. The Bertz CT molecular complexity index is 3090. The van der Waals surface area contributed by atoms with Gasteiger partial charge in [-0.2, -0.15) is 0 Å². The highest BCUT2D eigenvalue weighted by atomic mass is 35.5. The highest BCUT2D eigenvalue weighted by molar-refractivity contribution is 6.30. The molecule has 0 aromatic heterocycles. The third kappa shape index (κ3) is 25.8. The third-order valence-corrected chi connectivity index (χ3v) is 19.0. The quantitative estimate of drug-likeness (QED) is 0.122. The summed E-state index contributed by atoms with van der Waals surface area (Å²) >= 11 is 6.41. The van der Waals surface area contributed by atoms with E-state index in [-0.39, 0.29) is 87.6 Å². The first-order valence-corrected chi connectivity index (χ1v) is 35.8. The molecule has 1 aliphatic heterocycles. The molecule has 2 aromatic rings. The van der Waals surface area contributed by atoms with Crippen LogP contribution in [-0.4, -0.2) is 234 Å². The van der Waals surface area contributed by atoms with Crippen molar-refractivity contribution in [3.05, 3.63) is 70.7 Å². The summed E-state index contributed by atoms with van der Waals surface area (Å²) in [5, 5.41) is 28.7. The molecule has 0 aliphatic carbocycles. The van der Waals surface area contributed by atoms with Crippen LogP contribution in [0.3, 0.4) is 0 Å². The molecule has 100 heavy (non-hydrogen) atoms. The summed E-state index contributed by atoms with van der Waals surface area (Å²) in [6, 6.07) is 5.01. The highest BCUT2D eigenvalue weighted by Gasteiger charge is 2.42. The van der Waals surface area contributed by atoms with E-state index in [1.54, 1.807) is 45.0 Å². The van der Waals surface area contributed by atoms with Crippen molar-refractivity contribution in [2.45, 2.75) is 209 Å². The molecule has 0 radical (unpaired) electrons. The number of hydrogen-bond acceptors (Lipinski definition) is 14. The second kappa shape index (κ2) is 40.8. The number of likely N-dealkylation sites (N-methyl/N-ethyl adjacent to an activating group) is 6. The van der Waals surface area contributed by atoms with Crippen LogP contribution < -0.4 is 31.9 Å². The minimum absolute atomic E-state index is 0.0196. The fourth-order valence-electron chi connectivity index (χ4n) is 12.5. The highest BCUT2D eigenvalue weighted by Crippen LogP contribution is 2.24. The fourth-order valence-corrected chi connectivity index (χ4v) is 12.7. The lowest BCUT2D eigenvalue weighted by Crippen LogP contribution is -2.61. The number of hydrogen-bond donors (Lipinski definition) is 7. The van der Waals surface area contributed by atoms with Crippen LogP contribution in [0, 0.1) is 47.3 Å². The average Bonchev–Trinajstić information content (AvgIpc) is 0.831. The van der Waals surface area contributed by atoms with E-state index in [9.17, 15) is 57.8 Å². The summed E-state index contributed by atoms with van der Waals surface area (Å²) < 4.78 is 0. The van der Waals surface area contributed by atoms with Crippen molar-refractivity contribution >= 4 is 82.4 Å². The number of aliphatic hydroxyl groups is 1. The van der Waals surface area contributed by atoms with Crippen LogP contribution in [0.5, 0.6) is 0 Å². The normalized spacial score (nSPS) is 25.8. The zero-order chi connectivity index (χ0) is 75.9. The Morgan fingerprint density at radius 3 is 1.53 bits per heavy atom. The topological polar surface area (TPSA) is 317 Å². The van der Waals surface area contributed by atoms with Crippen LogP contribution in [0.25, 0.3) is 0 Å². The molecule has 25 nitrogen and oxygen atoms in total. The number of benzene rings is 2. The van der Waals surface area contributed by atoms with Gasteiger partial charge in [-0.05, 0) is 118 Å². The molecule has 11 amide bonds. The molecule has 26 heteroatoms. The number of amides is 11. The van der Waals surface area contributed by atoms with E-state index >= 15 is 4.79 Å². The van der Waals surface area contributed by atoms with Gasteiger partial charge in [0.2, 0.25) is 65.0 Å². The Morgan fingerprint density at radius 1 is 0.500 bits per heavy atom. The van der Waals surface area contributed by atoms with Crippen LogP contribution >= 0.6 is 11.6 Å². The molecule has 3 rings (SSSR count). The molecular formula is C74H119ClN12O13. The SMILES string of the molecule is CC[C@H](C)[C@H]1C(=O)NCC(=O)N(C)C[C@@H](Cc2cccc(Cl)c2)C(=O)N[C@@H]([C@@H](C)O)C(=O)N(C)[C@@H](CC(C)C)C(=O)N[C@@H](CC(C)C)C(=O)N[C@@H](C)C(=O)N(C)[C@H](C)C(=O)N(C)[C@@H](CC(C)C)C(=O)CNC[C@@H](Cc2ccccc2)C(=O)N(C)C(CC(C)C)C(=O)N[C@@H](C(C)C)C(=O)N1C. The number of rotatable bonds is 16. The van der Waals surface area contributed by atoms with Gasteiger partial charge < -0.3 is 66.4 Å². The van der Waals surface area contributed by atoms with Crippen molar-refractivity contribution in [2.75, 3.05) is 68.5 Å². The molecule has 1 unspecified atom stereocenters. The first-order valence-electron chi connectivity index (χ1n) is 35.4. The second-order valence-corrected chi connectivity index (χ2v) is 30.0. The number of carbonyl (C=O) groups is 12. The lowest BCUT2D eigenvalue weighted by molar-refractivity contribution is -0.148. The fraction of sp³-hybridized carbons (Fsp3) is 0.676. The second-order valence-electron chi connectivity index (χ2n) is 29.6. The minimum Gasteiger partial charge on any atom is -0.391 e. The van der Waals surface area contributed by atoms with Crippen LogP contribution in [0.4, 0.5) is 0 Å². The first kappa shape index (κ1) is 86.7. The van der Waals surface area contributed by atoms with Crippen molar-refractivity contribution in [3.63, 3.8) is 0 Å². The summed E-state index contributed by atoms with van der Waals surface area (Å²) in [6.07, 6.45) is -0.319. The van der Waals surface area contributed by atoms with Gasteiger partial charge >= 0.3 is 0 Å². The van der Waals surface area contributed by atoms with Gasteiger partial charge in [-0.25, -0.2) is 0 Å². The lowest BCUT2D eigenvalue weighted by atomic mass is 9.93. The molecule has 0 bridgehead atoms. The molecule has 560 valence electrons. The maximum Gasteiger partial charge on any atom is 0.248 e. The lowest BCUT2D eigenvalue weighted by Gasteiger charge is -2.37. The summed E-state index contributed by atoms with van der Waals surface area (Å²) in [4.78, 5) is 183. The first-order chi connectivity index (χ1) is 46.6. The standard InChI is InChI=1S/C74H119ClN12O13/c1-22-47(12)64-69(95)77-40-61(90)82(16)41-54(36-52-29-26-30-55(75)37-52)65(91)81-63(50(15)88)74(100)86(20)58(33-44(6)7)67(93)79-56(31-42(2)3)66(92)78-48(13)70(96)83(17)49(14)71(97)84(18)57(32-43(4)5)60(89)39-76-38-53(35-51-27-24-23-25-28-51)72(98)85(19)59(34-45(8)9)68(94)80-62(46(10)11)73(99)87(64)21/h23-30,37,42-50,53-54,56-59,62-64,76,88H,22,31-36,38-41H2,1-21H3,(H,77,95)(H,78,92)(H,79,93)(H,80,94)(H,81,91)/t47-,48-,49+,50+,53+,54+,56-,57-,58-,59?,62-,63-,64-/m0/s1. The van der Waals surface area contributed by atoms with E-state index in [1.165, 1.54) is 87.6 Å². The maximum atomic E-state index is 15.0. The van der Waals surface area contributed by atoms with Crippen molar-refractivity contribution in [2.24, 2.45) is 47.3 Å². The van der Waals surface area contributed by atoms with Crippen LogP contribution in [0.2, 0.25) is 5.02 Å². The maximum absolute atomic E-state index is 15.0. The monoisotopic (exact) mass is 1420 g/mol. The van der Waals surface area contributed by atoms with Gasteiger partial charge in [0, 0.05) is 60.4 Å². The largest absolute Gasteiger partial charge is 0.391 e. The van der Waals surface area contributed by atoms with E-state index in [0.29, 0.717) is 17.0 Å². The smallest absolute Gasteiger partial charge is 0.248 e. The Kier molecular flexibility index (Phi) is 35.4. The van der Waals surface area contributed by atoms with E-state index in [4.69, 9.17) is 11.6 Å². The number of halogens is 1. The van der Waals surface area contributed by atoms with Gasteiger partial charge in [-0.1, -0.05) is 144 Å². The van der Waals surface area contributed by atoms with Crippen molar-refractivity contribution in [3.8, 4) is 0 Å². The molecule has 7 N–H and O–H groups in total. The predicted molar refractivity (Wildman–Crippen MR) is 386 cm³/mol. The summed E-state index contributed by atoms with van der Waals surface area (Å²) in [6.45, 7) is 25.2. The zero-order valence-electron chi connectivity index (χ0n) is 63.3. The molecule has 1 saturated heterocycles. The van der Waals surface area contributed by atoms with E-state index in [0.717, 1.165) is 10.5 Å². The van der Waals surface area contributed by atoms with Crippen LogP contribution in [-0.2, 0) is 70.4 Å². The predicted octanol–water partition coefficient (Wildman–Crippen LogP) is 4.49. The molecular weight excluding hydrogens is 1300 g/mol. The molecule has 1 aliphatic rings. The number of nitrogens with one attached hydrogen (secondary N) is 6. The van der Waals surface area contributed by atoms with E-state index < -0.39 is 156 Å². The van der Waals surface area contributed by atoms with Gasteiger partial charge in [0.05, 0.1) is 37.1 Å². The van der Waals surface area contributed by atoms with Gasteiger partial charge in [-0.15, -0.1) is 0 Å². The van der Waals surface area contributed by atoms with E-state index in [1.807, 2.05) is 92.6 Å². The Morgan fingerprint density at radius 2 is 1.00 bits per heavy atom. The molecule has 2 aromatic carbocycles. The van der Waals surface area contributed by atoms with Crippen LogP contribution in [0.15, 0.2) is 54.6 Å². The number of aliphatic hydroxyl groups excluding tert-OH is 1. The number of carbonyl (C=O) groups excluding carboxylic acids is 12. The van der Waals surface area contributed by atoms with Gasteiger partial charge in [0.1, 0.15) is 48.3 Å². The van der Waals surface area contributed by atoms with Gasteiger partial charge in [0.15, 0.2) is 5.78 Å². The van der Waals surface area contributed by atoms with Crippen molar-refractivity contribution in [1.29, 1.82) is 0 Å². The van der Waals surface area contributed by atoms with Crippen LogP contribution in [0.1, 0.15) is 147 Å². The summed E-state index contributed by atoms with van der Waals surface area (Å²) in [7, 11) is 8.66. The van der Waals surface area contributed by atoms with E-state index in [2.05, 4.69) is 31.9 Å². The number of Topliss-reactive ketones (excluding diaryl/α,β-unsaturated/α-hetero) is 1. The molecule has 13 atom stereocenters. The molecule has 1 fully saturated rings. The minimum atomic E-state index is -1.64. The Hall–Kier alpha value is -7.51. The molecule has 0 saturated carbocycles. The van der Waals surface area contributed by atoms with Gasteiger partial charge in [-0.3, -0.25) is 57.5 Å². The summed E-state index contributed by atoms with van der Waals surface area (Å²) in [5.74, 6) is -11.1. The summed E-state index contributed by atoms with van der Waals surface area (Å²) in [5.41, 5.74) is 1.40.